The Bertz CT molecular complexity index is 633. The van der Waals surface area contributed by atoms with Gasteiger partial charge < -0.3 is 24.4 Å². The van der Waals surface area contributed by atoms with Gasteiger partial charge in [-0.2, -0.15) is 0 Å². The lowest BCUT2D eigenvalue weighted by Gasteiger charge is -2.22. The van der Waals surface area contributed by atoms with E-state index in [9.17, 15) is 0 Å². The molecule has 2 fully saturated rings. The second-order valence-electron chi connectivity index (χ2n) is 7.10. The van der Waals surface area contributed by atoms with E-state index in [-0.39, 0.29) is 0 Å². The van der Waals surface area contributed by atoms with Gasteiger partial charge in [-0.15, -0.1) is 0 Å². The fourth-order valence-corrected chi connectivity index (χ4v) is 4.39. The summed E-state index contributed by atoms with van der Waals surface area (Å²) in [7, 11) is 6.77. The molecule has 144 valence electrons. The van der Waals surface area contributed by atoms with Crippen molar-refractivity contribution in [1.82, 2.24) is 10.2 Å². The van der Waals surface area contributed by atoms with Crippen molar-refractivity contribution in [2.24, 2.45) is 16.8 Å². The topological polar surface area (TPSA) is 55.3 Å². The molecule has 1 aromatic carbocycles. The Morgan fingerprint density at radius 2 is 1.69 bits per heavy atom. The van der Waals surface area contributed by atoms with Gasteiger partial charge in [-0.1, -0.05) is 12.8 Å². The normalized spacial score (nSPS) is 22.8. The van der Waals surface area contributed by atoms with E-state index in [1.807, 2.05) is 19.2 Å². The van der Waals surface area contributed by atoms with Crippen LogP contribution in [0.2, 0.25) is 0 Å². The summed E-state index contributed by atoms with van der Waals surface area (Å²) in [5.41, 5.74) is 1.02. The SMILES string of the molecule is CN=C(NCc1ccc(OC)c(OC)c1OC)N1CC2CCCCC2C1. The molecule has 1 saturated carbocycles. The van der Waals surface area contributed by atoms with Crippen LogP contribution in [0.25, 0.3) is 0 Å². The third-order valence-corrected chi connectivity index (χ3v) is 5.71. The van der Waals surface area contributed by atoms with Crippen LogP contribution >= 0.6 is 0 Å². The number of likely N-dealkylation sites (tertiary alicyclic amines) is 1. The van der Waals surface area contributed by atoms with Crippen molar-refractivity contribution >= 4 is 5.96 Å². The smallest absolute Gasteiger partial charge is 0.203 e. The van der Waals surface area contributed by atoms with Gasteiger partial charge in [0.1, 0.15) is 0 Å². The summed E-state index contributed by atoms with van der Waals surface area (Å²) >= 11 is 0. The predicted molar refractivity (Wildman–Crippen MR) is 103 cm³/mol. The highest BCUT2D eigenvalue weighted by Gasteiger charge is 2.35. The fraction of sp³-hybridized carbons (Fsp3) is 0.650. The largest absolute Gasteiger partial charge is 0.493 e. The molecule has 0 amide bonds. The molecule has 6 nitrogen and oxygen atoms in total. The van der Waals surface area contributed by atoms with Crippen molar-refractivity contribution in [3.8, 4) is 17.2 Å². The lowest BCUT2D eigenvalue weighted by molar-refractivity contribution is 0.299. The van der Waals surface area contributed by atoms with Crippen molar-refractivity contribution < 1.29 is 14.2 Å². The quantitative estimate of drug-likeness (QED) is 0.646. The lowest BCUT2D eigenvalue weighted by atomic mass is 9.82. The Hall–Kier alpha value is -2.11. The van der Waals surface area contributed by atoms with Crippen molar-refractivity contribution in [1.29, 1.82) is 0 Å². The Morgan fingerprint density at radius 1 is 1.04 bits per heavy atom. The second kappa shape index (κ2) is 8.52. The Labute approximate surface area is 156 Å². The molecule has 0 spiro atoms. The maximum Gasteiger partial charge on any atom is 0.203 e. The van der Waals surface area contributed by atoms with Gasteiger partial charge in [0.15, 0.2) is 17.5 Å². The monoisotopic (exact) mass is 361 g/mol. The van der Waals surface area contributed by atoms with E-state index < -0.39 is 0 Å². The number of hydrogen-bond donors (Lipinski definition) is 1. The van der Waals surface area contributed by atoms with Gasteiger partial charge in [-0.3, -0.25) is 4.99 Å². The maximum atomic E-state index is 5.58. The van der Waals surface area contributed by atoms with Crippen LogP contribution in [0.5, 0.6) is 17.2 Å². The summed E-state index contributed by atoms with van der Waals surface area (Å²) in [6.07, 6.45) is 5.48. The molecule has 1 N–H and O–H groups in total. The van der Waals surface area contributed by atoms with E-state index >= 15 is 0 Å². The van der Waals surface area contributed by atoms with E-state index in [4.69, 9.17) is 14.2 Å². The molecule has 26 heavy (non-hydrogen) atoms. The summed E-state index contributed by atoms with van der Waals surface area (Å²) in [4.78, 5) is 6.92. The van der Waals surface area contributed by atoms with Gasteiger partial charge in [0.05, 0.1) is 21.3 Å². The first-order valence-electron chi connectivity index (χ1n) is 9.45. The number of nitrogens with zero attached hydrogens (tertiary/aromatic N) is 2. The summed E-state index contributed by atoms with van der Waals surface area (Å²) < 4.78 is 16.4. The summed E-state index contributed by atoms with van der Waals surface area (Å²) in [6.45, 7) is 2.86. The molecular weight excluding hydrogens is 330 g/mol. The molecule has 0 radical (unpaired) electrons. The Morgan fingerprint density at radius 3 is 2.23 bits per heavy atom. The molecule has 1 saturated heterocycles. The van der Waals surface area contributed by atoms with Crippen LogP contribution in [0.15, 0.2) is 17.1 Å². The summed E-state index contributed by atoms with van der Waals surface area (Å²) in [5.74, 6) is 4.62. The minimum atomic E-state index is 0.622. The van der Waals surface area contributed by atoms with Gasteiger partial charge >= 0.3 is 0 Å². The zero-order chi connectivity index (χ0) is 18.5. The molecule has 2 aliphatic rings. The van der Waals surface area contributed by atoms with Crippen LogP contribution in [-0.2, 0) is 6.54 Å². The molecule has 1 aliphatic carbocycles. The van der Waals surface area contributed by atoms with E-state index in [1.165, 1.54) is 25.7 Å². The number of benzene rings is 1. The van der Waals surface area contributed by atoms with E-state index in [1.54, 1.807) is 21.3 Å². The van der Waals surface area contributed by atoms with Crippen molar-refractivity contribution in [2.45, 2.75) is 32.2 Å². The number of fused-ring (bicyclic) bond motifs is 1. The third-order valence-electron chi connectivity index (χ3n) is 5.71. The second-order valence-corrected chi connectivity index (χ2v) is 7.10. The van der Waals surface area contributed by atoms with Crippen molar-refractivity contribution in [3.63, 3.8) is 0 Å². The molecule has 2 unspecified atom stereocenters. The minimum absolute atomic E-state index is 0.622. The number of guanidine groups is 1. The highest BCUT2D eigenvalue weighted by Crippen LogP contribution is 2.40. The number of ether oxygens (including phenoxy) is 3. The molecular formula is C20H31N3O3. The fourth-order valence-electron chi connectivity index (χ4n) is 4.39. The zero-order valence-corrected chi connectivity index (χ0v) is 16.4. The average Bonchev–Trinajstić information content (AvgIpc) is 3.11. The number of aliphatic imine (C=N–C) groups is 1. The first-order valence-corrected chi connectivity index (χ1v) is 9.45. The van der Waals surface area contributed by atoms with Gasteiger partial charge in [0, 0.05) is 32.2 Å². The standard InChI is InChI=1S/C20H31N3O3/c1-21-20(23-12-15-7-5-6-8-16(15)13-23)22-11-14-9-10-17(24-2)19(26-4)18(14)25-3/h9-10,15-16H,5-8,11-13H2,1-4H3,(H,21,22). The molecule has 6 heteroatoms. The van der Waals surface area contributed by atoms with Crippen LogP contribution in [0.4, 0.5) is 0 Å². The Balaban J connectivity index is 1.69. The highest BCUT2D eigenvalue weighted by atomic mass is 16.5. The molecule has 1 heterocycles. The van der Waals surface area contributed by atoms with Crippen molar-refractivity contribution in [3.05, 3.63) is 17.7 Å². The number of methoxy groups -OCH3 is 3. The van der Waals surface area contributed by atoms with Gasteiger partial charge in [0.2, 0.25) is 5.75 Å². The predicted octanol–water partition coefficient (Wildman–Crippen LogP) is 2.91. The number of hydrogen-bond acceptors (Lipinski definition) is 4. The third kappa shape index (κ3) is 3.69. The van der Waals surface area contributed by atoms with Crippen LogP contribution < -0.4 is 19.5 Å². The van der Waals surface area contributed by atoms with Crippen molar-refractivity contribution in [2.75, 3.05) is 41.5 Å². The molecule has 1 aromatic rings. The number of rotatable bonds is 5. The Kier molecular flexibility index (Phi) is 6.12. The highest BCUT2D eigenvalue weighted by molar-refractivity contribution is 5.80. The van der Waals surface area contributed by atoms with E-state index in [0.29, 0.717) is 23.8 Å². The molecule has 1 aliphatic heterocycles. The van der Waals surface area contributed by atoms with Crippen LogP contribution in [0.3, 0.4) is 0 Å². The van der Waals surface area contributed by atoms with Gasteiger partial charge in [-0.25, -0.2) is 0 Å². The molecule has 0 bridgehead atoms. The van der Waals surface area contributed by atoms with E-state index in [2.05, 4.69) is 15.2 Å². The van der Waals surface area contributed by atoms with Crippen LogP contribution in [0.1, 0.15) is 31.2 Å². The van der Waals surface area contributed by atoms with Gasteiger partial charge in [0.25, 0.3) is 0 Å². The average molecular weight is 361 g/mol. The van der Waals surface area contributed by atoms with Gasteiger partial charge in [-0.05, 0) is 36.8 Å². The van der Waals surface area contributed by atoms with Crippen LogP contribution in [-0.4, -0.2) is 52.3 Å². The number of nitrogens with one attached hydrogen (secondary N) is 1. The van der Waals surface area contributed by atoms with Crippen LogP contribution in [0, 0.1) is 11.8 Å². The molecule has 0 aromatic heterocycles. The first kappa shape index (κ1) is 18.7. The van der Waals surface area contributed by atoms with E-state index in [0.717, 1.165) is 36.4 Å². The maximum absolute atomic E-state index is 5.58. The lowest BCUT2D eigenvalue weighted by Crippen LogP contribution is -2.40. The summed E-state index contributed by atoms with van der Waals surface area (Å²) in [5, 5.41) is 3.50. The first-order chi connectivity index (χ1) is 12.7. The minimum Gasteiger partial charge on any atom is -0.493 e. The molecule has 2 atom stereocenters. The molecule has 3 rings (SSSR count). The summed E-state index contributed by atoms with van der Waals surface area (Å²) in [6, 6.07) is 3.91. The zero-order valence-electron chi connectivity index (χ0n) is 16.4.